The van der Waals surface area contributed by atoms with E-state index in [-0.39, 0.29) is 5.69 Å². The van der Waals surface area contributed by atoms with E-state index < -0.39 is 4.92 Å². The van der Waals surface area contributed by atoms with Crippen molar-refractivity contribution in [2.45, 2.75) is 37.8 Å². The van der Waals surface area contributed by atoms with Gasteiger partial charge < -0.3 is 4.57 Å². The largest absolute Gasteiger partial charge is 0.307 e. The summed E-state index contributed by atoms with van der Waals surface area (Å²) in [5.74, 6) is 1.29. The second-order valence-electron chi connectivity index (χ2n) is 4.97. The number of aryl methyl sites for hydroxylation is 1. The van der Waals surface area contributed by atoms with Crippen molar-refractivity contribution in [3.63, 3.8) is 0 Å². The Balaban J connectivity index is 1.77. The fourth-order valence-electron chi connectivity index (χ4n) is 2.22. The van der Waals surface area contributed by atoms with E-state index in [1.807, 2.05) is 11.5 Å². The van der Waals surface area contributed by atoms with Gasteiger partial charge in [0.1, 0.15) is 12.4 Å². The van der Waals surface area contributed by atoms with Crippen LogP contribution in [-0.2, 0) is 18.8 Å². The predicted octanol–water partition coefficient (Wildman–Crippen LogP) is 3.44. The monoisotopic (exact) mass is 364 g/mol. The molecule has 0 unspecified atom stereocenters. The van der Waals surface area contributed by atoms with Gasteiger partial charge in [-0.25, -0.2) is 0 Å². The van der Waals surface area contributed by atoms with Gasteiger partial charge >= 0.3 is 5.69 Å². The Hall–Kier alpha value is -2.20. The molecule has 3 heterocycles. The van der Waals surface area contributed by atoms with Crippen LogP contribution in [0.1, 0.15) is 18.7 Å². The molecule has 8 nitrogen and oxygen atoms in total. The lowest BCUT2D eigenvalue weighted by molar-refractivity contribution is -0.385. The van der Waals surface area contributed by atoms with Gasteiger partial charge in [-0.2, -0.15) is 5.10 Å². The number of aromatic nitrogens is 5. The predicted molar refractivity (Wildman–Crippen MR) is 93.1 cm³/mol. The molecule has 0 fully saturated rings. The Kier molecular flexibility index (Phi) is 4.95. The first kappa shape index (κ1) is 16.7. The van der Waals surface area contributed by atoms with Crippen molar-refractivity contribution in [1.82, 2.24) is 24.5 Å². The first-order chi connectivity index (χ1) is 11.6. The topological polar surface area (TPSA) is 91.7 Å². The lowest BCUT2D eigenvalue weighted by Crippen LogP contribution is -2.01. The van der Waals surface area contributed by atoms with E-state index in [0.29, 0.717) is 5.88 Å². The van der Waals surface area contributed by atoms with Gasteiger partial charge in [-0.15, -0.1) is 21.5 Å². The fourth-order valence-corrected chi connectivity index (χ4v) is 3.89. The van der Waals surface area contributed by atoms with Crippen LogP contribution in [-0.4, -0.2) is 29.5 Å². The van der Waals surface area contributed by atoms with Crippen LogP contribution in [0.3, 0.4) is 0 Å². The Morgan fingerprint density at radius 1 is 1.38 bits per heavy atom. The van der Waals surface area contributed by atoms with E-state index in [4.69, 9.17) is 0 Å². The number of thioether (sulfide) groups is 1. The molecule has 0 saturated carbocycles. The van der Waals surface area contributed by atoms with Gasteiger partial charge in [0.15, 0.2) is 11.0 Å². The molecular weight excluding hydrogens is 348 g/mol. The van der Waals surface area contributed by atoms with Crippen molar-refractivity contribution < 1.29 is 4.92 Å². The molecule has 126 valence electrons. The second kappa shape index (κ2) is 7.14. The molecule has 3 rings (SSSR count). The summed E-state index contributed by atoms with van der Waals surface area (Å²) in [5, 5.41) is 26.1. The Labute approximate surface area is 146 Å². The molecule has 3 aromatic heterocycles. The quantitative estimate of drug-likeness (QED) is 0.362. The van der Waals surface area contributed by atoms with Crippen LogP contribution in [0.2, 0.25) is 0 Å². The summed E-state index contributed by atoms with van der Waals surface area (Å²) < 4.78 is 3.57. The van der Waals surface area contributed by atoms with Crippen molar-refractivity contribution in [2.24, 2.45) is 0 Å². The number of nitrogens with zero attached hydrogens (tertiary/aromatic N) is 6. The van der Waals surface area contributed by atoms with E-state index in [1.165, 1.54) is 33.7 Å². The van der Waals surface area contributed by atoms with Crippen LogP contribution in [0.4, 0.5) is 5.69 Å². The van der Waals surface area contributed by atoms with E-state index >= 15 is 0 Å². The van der Waals surface area contributed by atoms with Gasteiger partial charge in [0.25, 0.3) is 0 Å². The molecule has 0 aliphatic rings. The van der Waals surface area contributed by atoms with E-state index in [9.17, 15) is 10.1 Å². The van der Waals surface area contributed by atoms with Gasteiger partial charge in [0.05, 0.1) is 10.8 Å². The average molecular weight is 364 g/mol. The number of rotatable bonds is 7. The third kappa shape index (κ3) is 3.34. The summed E-state index contributed by atoms with van der Waals surface area (Å²) in [7, 11) is 0. The highest BCUT2D eigenvalue weighted by Gasteiger charge is 2.15. The van der Waals surface area contributed by atoms with Crippen LogP contribution >= 0.6 is 23.1 Å². The average Bonchev–Trinajstić information content (AvgIpc) is 3.30. The van der Waals surface area contributed by atoms with Crippen LogP contribution in [0.15, 0.2) is 29.0 Å². The zero-order valence-electron chi connectivity index (χ0n) is 13.2. The van der Waals surface area contributed by atoms with Gasteiger partial charge in [-0.3, -0.25) is 14.8 Å². The number of hydrogen-bond acceptors (Lipinski definition) is 7. The van der Waals surface area contributed by atoms with Crippen molar-refractivity contribution in [3.05, 3.63) is 38.8 Å². The Bertz CT molecular complexity index is 853. The normalized spacial score (nSPS) is 11.1. The molecule has 0 atom stereocenters. The molecule has 0 aromatic carbocycles. The van der Waals surface area contributed by atoms with Gasteiger partial charge in [0, 0.05) is 22.4 Å². The van der Waals surface area contributed by atoms with E-state index in [1.54, 1.807) is 11.3 Å². The van der Waals surface area contributed by atoms with Crippen LogP contribution in [0, 0.1) is 10.1 Å². The van der Waals surface area contributed by atoms with Crippen molar-refractivity contribution >= 4 is 28.8 Å². The maximum absolute atomic E-state index is 10.7. The number of nitro groups is 1. The molecule has 0 saturated heterocycles. The third-order valence-corrected chi connectivity index (χ3v) is 5.48. The minimum atomic E-state index is -0.456. The van der Waals surface area contributed by atoms with E-state index in [0.717, 1.165) is 29.5 Å². The minimum absolute atomic E-state index is 0.0152. The molecular formula is C14H16N6O2S2. The lowest BCUT2D eigenvalue weighted by Gasteiger charge is -2.06. The SMILES string of the molecule is CCc1cc(-c2nnc(SCn3cc([N+](=O)[O-])cn3)n2CC)cs1. The number of thiophene rings is 1. The molecule has 0 amide bonds. The zero-order valence-corrected chi connectivity index (χ0v) is 14.9. The second-order valence-corrected chi connectivity index (χ2v) is 6.88. The van der Waals surface area contributed by atoms with Gasteiger partial charge in [-0.05, 0) is 19.4 Å². The van der Waals surface area contributed by atoms with Crippen molar-refractivity contribution in [1.29, 1.82) is 0 Å². The highest BCUT2D eigenvalue weighted by Crippen LogP contribution is 2.28. The lowest BCUT2D eigenvalue weighted by atomic mass is 10.2. The third-order valence-electron chi connectivity index (χ3n) is 3.45. The van der Waals surface area contributed by atoms with E-state index in [2.05, 4.69) is 33.7 Å². The molecule has 0 bridgehead atoms. The molecule has 0 aliphatic carbocycles. The van der Waals surface area contributed by atoms with Crippen molar-refractivity contribution in [3.8, 4) is 11.4 Å². The molecule has 0 spiro atoms. The van der Waals surface area contributed by atoms with Gasteiger partial charge in [0.2, 0.25) is 0 Å². The van der Waals surface area contributed by atoms with Crippen molar-refractivity contribution in [2.75, 3.05) is 0 Å². The maximum atomic E-state index is 10.7. The molecule has 0 N–H and O–H groups in total. The summed E-state index contributed by atoms with van der Waals surface area (Å²) in [6.45, 7) is 4.93. The smallest absolute Gasteiger partial charge is 0.302 e. The Morgan fingerprint density at radius 2 is 2.21 bits per heavy atom. The van der Waals surface area contributed by atoms with Crippen LogP contribution < -0.4 is 0 Å². The molecule has 24 heavy (non-hydrogen) atoms. The van der Waals surface area contributed by atoms with Crippen LogP contribution in [0.25, 0.3) is 11.4 Å². The van der Waals surface area contributed by atoms with Crippen LogP contribution in [0.5, 0.6) is 0 Å². The summed E-state index contributed by atoms with van der Waals surface area (Å²) in [5.41, 5.74) is 1.06. The summed E-state index contributed by atoms with van der Waals surface area (Å²) in [6, 6.07) is 2.14. The highest BCUT2D eigenvalue weighted by molar-refractivity contribution is 7.98. The maximum Gasteiger partial charge on any atom is 0.307 e. The first-order valence-corrected chi connectivity index (χ1v) is 9.29. The summed E-state index contributed by atoms with van der Waals surface area (Å²) >= 11 is 3.17. The summed E-state index contributed by atoms with van der Waals surface area (Å²) in [4.78, 5) is 11.6. The Morgan fingerprint density at radius 3 is 2.83 bits per heavy atom. The standard InChI is InChI=1S/C14H16N6O2S2/c1-3-12-5-10(8-23-12)13-16-17-14(19(13)4-2)24-9-18-7-11(6-15-18)20(21)22/h5-8H,3-4,9H2,1-2H3. The zero-order chi connectivity index (χ0) is 17.1. The summed E-state index contributed by atoms with van der Waals surface area (Å²) in [6.07, 6.45) is 3.66. The molecule has 0 radical (unpaired) electrons. The number of hydrogen-bond donors (Lipinski definition) is 0. The highest BCUT2D eigenvalue weighted by atomic mass is 32.2. The molecule has 3 aromatic rings. The minimum Gasteiger partial charge on any atom is -0.302 e. The molecule has 0 aliphatic heterocycles. The van der Waals surface area contributed by atoms with Gasteiger partial charge in [-0.1, -0.05) is 18.7 Å². The molecule has 10 heteroatoms. The fraction of sp³-hybridized carbons (Fsp3) is 0.357. The first-order valence-electron chi connectivity index (χ1n) is 7.43.